The van der Waals surface area contributed by atoms with Gasteiger partial charge in [-0.15, -0.1) is 0 Å². The number of alkyl halides is 1. The Labute approximate surface area is 109 Å². The van der Waals surface area contributed by atoms with E-state index in [1.165, 1.54) is 51.4 Å². The second-order valence-corrected chi connectivity index (χ2v) is 15.9. The molecule has 0 aromatic carbocycles. The van der Waals surface area contributed by atoms with E-state index in [0.29, 0.717) is 0 Å². The van der Waals surface area contributed by atoms with Crippen LogP contribution in [-0.2, 0) is 0 Å². The first-order valence-electron chi connectivity index (χ1n) is 6.91. The van der Waals surface area contributed by atoms with Crippen molar-refractivity contribution in [2.45, 2.75) is 74.1 Å². The van der Waals surface area contributed by atoms with Crippen LogP contribution in [0.5, 0.6) is 0 Å². The van der Waals surface area contributed by atoms with Gasteiger partial charge in [-0.2, -0.15) is 0 Å². The van der Waals surface area contributed by atoms with E-state index < -0.39 is 19.8 Å². The van der Waals surface area contributed by atoms with Gasteiger partial charge in [-0.25, -0.2) is 0 Å². The van der Waals surface area contributed by atoms with Crippen LogP contribution >= 0.6 is 11.6 Å². The third-order valence-electron chi connectivity index (χ3n) is 3.15. The zero-order valence-corrected chi connectivity index (χ0v) is 14.8. The summed E-state index contributed by atoms with van der Waals surface area (Å²) in [5.41, 5.74) is 0. The van der Waals surface area contributed by atoms with E-state index in [1.54, 1.807) is 8.87 Å². The second-order valence-electron chi connectivity index (χ2n) is 4.72. The van der Waals surface area contributed by atoms with Crippen molar-refractivity contribution in [2.24, 2.45) is 0 Å². The van der Waals surface area contributed by atoms with E-state index >= 15 is 0 Å². The molecule has 0 aliphatic carbocycles. The zero-order valence-electron chi connectivity index (χ0n) is 10.7. The third-order valence-corrected chi connectivity index (χ3v) is 14.3. The normalized spacial score (nSPS) is 13.0. The first kappa shape index (κ1) is 16.1. The van der Waals surface area contributed by atoms with Crippen molar-refractivity contribution in [3.63, 3.8) is 0 Å². The van der Waals surface area contributed by atoms with Crippen LogP contribution < -0.4 is 0 Å². The molecule has 0 saturated heterocycles. The summed E-state index contributed by atoms with van der Waals surface area (Å²) in [6.07, 6.45) is 11.5. The van der Waals surface area contributed by atoms with Crippen molar-refractivity contribution in [1.82, 2.24) is 0 Å². The summed E-state index contributed by atoms with van der Waals surface area (Å²) >= 11 is 4.86. The summed E-state index contributed by atoms with van der Waals surface area (Å²) in [6, 6.07) is 0. The fourth-order valence-electron chi connectivity index (χ4n) is 2.00. The van der Waals surface area contributed by atoms with Gasteiger partial charge in [-0.3, -0.25) is 0 Å². The topological polar surface area (TPSA) is 0 Å². The van der Waals surface area contributed by atoms with Crippen molar-refractivity contribution < 1.29 is 0 Å². The number of hydrogen-bond donors (Lipinski definition) is 0. The van der Waals surface area contributed by atoms with Gasteiger partial charge < -0.3 is 0 Å². The molecule has 0 radical (unpaired) electrons. The Balaban J connectivity index is 3.22. The second kappa shape index (κ2) is 13.2. The standard InChI is InChI=1S/C8H17.C4H9.CH2Cl.Sn.H/c1-3-5-7-8-6-4-2;1-3-4-2;1-2;;/h1,3-8H2,2H3;1,3-4H2,2H3;1H2;;. The molecule has 0 aliphatic heterocycles. The van der Waals surface area contributed by atoms with Gasteiger partial charge in [0.2, 0.25) is 0 Å². The van der Waals surface area contributed by atoms with Crippen LogP contribution in [0.2, 0.25) is 8.87 Å². The predicted molar refractivity (Wildman–Crippen MR) is 75.8 cm³/mol. The van der Waals surface area contributed by atoms with E-state index in [1.807, 2.05) is 0 Å². The first-order chi connectivity index (χ1) is 7.35. The molecule has 0 nitrogen and oxygen atoms in total. The third kappa shape index (κ3) is 11.4. The van der Waals surface area contributed by atoms with E-state index in [-0.39, 0.29) is 0 Å². The quantitative estimate of drug-likeness (QED) is 0.277. The number of hydrogen-bond acceptors (Lipinski definition) is 0. The van der Waals surface area contributed by atoms with Crippen molar-refractivity contribution in [3.05, 3.63) is 0 Å². The molecule has 0 fully saturated rings. The maximum atomic E-state index is 6.06. The molecule has 1 unspecified atom stereocenters. The maximum absolute atomic E-state index is 6.06. The van der Waals surface area contributed by atoms with Crippen LogP contribution in [0.15, 0.2) is 0 Å². The van der Waals surface area contributed by atoms with Crippen LogP contribution in [-0.4, -0.2) is 23.7 Å². The van der Waals surface area contributed by atoms with Gasteiger partial charge in [0.05, 0.1) is 0 Å². The molecule has 0 heterocycles. The molecular formula is C13H29ClSn. The molecule has 0 amide bonds. The summed E-state index contributed by atoms with van der Waals surface area (Å²) in [7, 11) is 0. The van der Waals surface area contributed by atoms with Crippen molar-refractivity contribution in [1.29, 1.82) is 0 Å². The monoisotopic (exact) mass is 340 g/mol. The summed E-state index contributed by atoms with van der Waals surface area (Å²) in [5.74, 6) is 0. The van der Waals surface area contributed by atoms with Crippen LogP contribution in [0.4, 0.5) is 0 Å². The van der Waals surface area contributed by atoms with Gasteiger partial charge in [0.25, 0.3) is 0 Å². The first-order valence-corrected chi connectivity index (χ1v) is 14.4. The molecular weight excluding hydrogens is 310 g/mol. The molecule has 2 heteroatoms. The molecule has 0 rings (SSSR count). The molecule has 0 aromatic rings. The zero-order chi connectivity index (χ0) is 11.4. The minimum absolute atomic E-state index is 1.08. The summed E-state index contributed by atoms with van der Waals surface area (Å²) in [6.45, 7) is 4.58. The van der Waals surface area contributed by atoms with Gasteiger partial charge in [-0.1, -0.05) is 0 Å². The predicted octanol–water partition coefficient (Wildman–Crippen LogP) is 5.15. The number of rotatable bonds is 11. The van der Waals surface area contributed by atoms with Crippen molar-refractivity contribution in [2.75, 3.05) is 3.90 Å². The summed E-state index contributed by atoms with van der Waals surface area (Å²) in [4.78, 5) is 0. The Kier molecular flexibility index (Phi) is 14.1. The molecule has 0 spiro atoms. The van der Waals surface area contributed by atoms with Crippen LogP contribution in [0, 0.1) is 0 Å². The molecule has 0 aliphatic rings. The minimum atomic E-state index is -1.20. The van der Waals surface area contributed by atoms with Gasteiger partial charge in [0, 0.05) is 0 Å². The fraction of sp³-hybridized carbons (Fsp3) is 1.00. The van der Waals surface area contributed by atoms with E-state index in [0.717, 1.165) is 3.90 Å². The molecule has 0 saturated carbocycles. The Bertz CT molecular complexity index is 117. The van der Waals surface area contributed by atoms with E-state index in [4.69, 9.17) is 11.6 Å². The van der Waals surface area contributed by atoms with Gasteiger partial charge in [0.15, 0.2) is 0 Å². The molecule has 0 N–H and O–H groups in total. The van der Waals surface area contributed by atoms with E-state index in [9.17, 15) is 0 Å². The van der Waals surface area contributed by atoms with Gasteiger partial charge in [0.1, 0.15) is 0 Å². The van der Waals surface area contributed by atoms with E-state index in [2.05, 4.69) is 13.8 Å². The Hall–Kier alpha value is 1.09. The van der Waals surface area contributed by atoms with Crippen LogP contribution in [0.25, 0.3) is 0 Å². The number of halogens is 1. The van der Waals surface area contributed by atoms with Crippen LogP contribution in [0.3, 0.4) is 0 Å². The van der Waals surface area contributed by atoms with Crippen molar-refractivity contribution in [3.8, 4) is 0 Å². The molecule has 0 aromatic heterocycles. The average molecular weight is 340 g/mol. The Morgan fingerprint density at radius 3 is 1.87 bits per heavy atom. The molecule has 92 valence electrons. The summed E-state index contributed by atoms with van der Waals surface area (Å²) < 4.78 is 4.20. The Morgan fingerprint density at radius 2 is 1.27 bits per heavy atom. The molecule has 15 heavy (non-hydrogen) atoms. The van der Waals surface area contributed by atoms with Gasteiger partial charge >= 0.3 is 109 Å². The average Bonchev–Trinajstić information content (AvgIpc) is 2.27. The molecule has 0 bridgehead atoms. The van der Waals surface area contributed by atoms with Crippen LogP contribution in [0.1, 0.15) is 65.2 Å². The fourth-order valence-corrected chi connectivity index (χ4v) is 11.1. The van der Waals surface area contributed by atoms with Crippen molar-refractivity contribution >= 4 is 31.4 Å². The van der Waals surface area contributed by atoms with Gasteiger partial charge in [-0.05, 0) is 0 Å². The number of unbranched alkanes of at least 4 members (excludes halogenated alkanes) is 6. The Morgan fingerprint density at radius 1 is 0.733 bits per heavy atom. The molecule has 1 atom stereocenters. The SMILES string of the molecule is CCCCCCC[CH2][SnH]([CH2]Cl)[CH2]CCC. The summed E-state index contributed by atoms with van der Waals surface area (Å²) in [5, 5.41) is 0.